The fourth-order valence-corrected chi connectivity index (χ4v) is 3.95. The van der Waals surface area contributed by atoms with Crippen molar-refractivity contribution in [2.45, 2.75) is 25.3 Å². The Balaban J connectivity index is 1.72. The van der Waals surface area contributed by atoms with Gasteiger partial charge in [0.25, 0.3) is 5.91 Å². The highest BCUT2D eigenvalue weighted by Gasteiger charge is 2.27. The minimum absolute atomic E-state index is 0.0874. The van der Waals surface area contributed by atoms with Crippen molar-refractivity contribution in [2.24, 2.45) is 0 Å². The summed E-state index contributed by atoms with van der Waals surface area (Å²) in [7, 11) is 0. The summed E-state index contributed by atoms with van der Waals surface area (Å²) < 4.78 is 5.59. The molecule has 1 aliphatic heterocycles. The van der Waals surface area contributed by atoms with Crippen LogP contribution < -0.4 is 15.4 Å². The Morgan fingerprint density at radius 2 is 2.10 bits per heavy atom. The average molecular weight is 405 g/mol. The van der Waals surface area contributed by atoms with E-state index in [0.717, 1.165) is 29.0 Å². The Kier molecular flexibility index (Phi) is 7.04. The molecule has 3 rings (SSSR count). The fraction of sp³-hybridized carbons (Fsp3) is 0.208. The van der Waals surface area contributed by atoms with E-state index in [4.69, 9.17) is 11.2 Å². The number of nitrogens with one attached hydrogen (secondary N) is 2. The van der Waals surface area contributed by atoms with Crippen molar-refractivity contribution in [2.75, 3.05) is 11.9 Å². The van der Waals surface area contributed by atoms with Gasteiger partial charge in [0, 0.05) is 5.69 Å². The first-order valence-corrected chi connectivity index (χ1v) is 10.4. The standard InChI is InChI=1S/C24H24N2O2S/c1-4-7-19-15-18(10-13-21(19)28-14-5-2)16-22-23(27)26-24(29-22)25-20-11-8-17(6-3)9-12-20/h2,4,8-13,15-16,24-25H,1,6-7,14H2,3H3,(H,26,27)/b22-16-/t24-/m0/s1. The summed E-state index contributed by atoms with van der Waals surface area (Å²) >= 11 is 1.47. The lowest BCUT2D eigenvalue weighted by Crippen LogP contribution is -2.30. The number of anilines is 1. The number of terminal acetylenes is 1. The Hall–Kier alpha value is -3.10. The lowest BCUT2D eigenvalue weighted by atomic mass is 10.1. The fourth-order valence-electron chi connectivity index (χ4n) is 2.97. The number of carbonyl (C=O) groups is 1. The molecule has 1 atom stereocenters. The minimum atomic E-state index is -0.202. The van der Waals surface area contributed by atoms with E-state index >= 15 is 0 Å². The van der Waals surface area contributed by atoms with Crippen LogP contribution in [0.3, 0.4) is 0 Å². The monoisotopic (exact) mass is 404 g/mol. The molecule has 0 aromatic heterocycles. The summed E-state index contributed by atoms with van der Waals surface area (Å²) in [5.74, 6) is 3.12. The molecule has 1 saturated heterocycles. The molecule has 148 valence electrons. The molecule has 2 aromatic carbocycles. The Morgan fingerprint density at radius 3 is 2.79 bits per heavy atom. The maximum atomic E-state index is 12.4. The second kappa shape index (κ2) is 9.90. The van der Waals surface area contributed by atoms with Gasteiger partial charge in [-0.2, -0.15) is 0 Å². The molecule has 4 nitrogen and oxygen atoms in total. The number of hydrogen-bond acceptors (Lipinski definition) is 4. The van der Waals surface area contributed by atoms with E-state index in [0.29, 0.717) is 11.3 Å². The first kappa shape index (κ1) is 20.6. The number of benzene rings is 2. The molecule has 0 saturated carbocycles. The van der Waals surface area contributed by atoms with E-state index in [2.05, 4.69) is 42.2 Å². The van der Waals surface area contributed by atoms with Gasteiger partial charge in [-0.3, -0.25) is 4.79 Å². The first-order chi connectivity index (χ1) is 14.1. The number of allylic oxidation sites excluding steroid dienone is 1. The van der Waals surface area contributed by atoms with Gasteiger partial charge in [-0.05, 0) is 59.9 Å². The molecule has 2 aromatic rings. The molecule has 0 aliphatic carbocycles. The molecule has 2 N–H and O–H groups in total. The molecule has 1 aliphatic rings. The number of thioether (sulfide) groups is 1. The smallest absolute Gasteiger partial charge is 0.260 e. The molecule has 1 fully saturated rings. The highest BCUT2D eigenvalue weighted by atomic mass is 32.2. The maximum Gasteiger partial charge on any atom is 0.260 e. The van der Waals surface area contributed by atoms with Gasteiger partial charge < -0.3 is 15.4 Å². The maximum absolute atomic E-state index is 12.4. The van der Waals surface area contributed by atoms with Crippen LogP contribution in [0.2, 0.25) is 0 Å². The quantitative estimate of drug-likeness (QED) is 0.384. The molecule has 0 radical (unpaired) electrons. The van der Waals surface area contributed by atoms with Crippen molar-refractivity contribution in [3.05, 3.63) is 76.7 Å². The summed E-state index contributed by atoms with van der Waals surface area (Å²) in [5, 5.41) is 6.30. The molecule has 0 bridgehead atoms. The zero-order chi connectivity index (χ0) is 20.6. The highest BCUT2D eigenvalue weighted by Crippen LogP contribution is 2.31. The van der Waals surface area contributed by atoms with Gasteiger partial charge >= 0.3 is 0 Å². The third-order valence-electron chi connectivity index (χ3n) is 4.45. The molecule has 1 heterocycles. The van der Waals surface area contributed by atoms with Crippen LogP contribution in [-0.2, 0) is 17.6 Å². The van der Waals surface area contributed by atoms with E-state index < -0.39 is 0 Å². The molecule has 1 amide bonds. The first-order valence-electron chi connectivity index (χ1n) is 9.47. The van der Waals surface area contributed by atoms with Gasteiger partial charge in [0.2, 0.25) is 0 Å². The number of aryl methyl sites for hydroxylation is 1. The Labute approximate surface area is 176 Å². The highest BCUT2D eigenvalue weighted by molar-refractivity contribution is 8.05. The van der Waals surface area contributed by atoms with Crippen LogP contribution in [0.25, 0.3) is 6.08 Å². The number of ether oxygens (including phenoxy) is 1. The number of carbonyl (C=O) groups excluding carboxylic acids is 1. The minimum Gasteiger partial charge on any atom is -0.481 e. The normalized spacial score (nSPS) is 16.9. The number of amides is 1. The molecule has 0 unspecified atom stereocenters. The molecule has 0 spiro atoms. The van der Waals surface area contributed by atoms with Crippen molar-refractivity contribution in [1.29, 1.82) is 0 Å². The third kappa shape index (κ3) is 5.46. The SMILES string of the molecule is C#CCOc1ccc(/C=C2\S[C@@H](Nc3ccc(CC)cc3)NC2=O)cc1CC=C. The van der Waals surface area contributed by atoms with Crippen LogP contribution in [0.5, 0.6) is 5.75 Å². The van der Waals surface area contributed by atoms with Crippen molar-refractivity contribution in [1.82, 2.24) is 5.32 Å². The predicted molar refractivity (Wildman–Crippen MR) is 122 cm³/mol. The number of hydrogen-bond donors (Lipinski definition) is 2. The van der Waals surface area contributed by atoms with Gasteiger partial charge in [0.15, 0.2) is 5.50 Å². The summed E-state index contributed by atoms with van der Waals surface area (Å²) in [4.78, 5) is 13.1. The van der Waals surface area contributed by atoms with E-state index in [-0.39, 0.29) is 18.0 Å². The molecular formula is C24H24N2O2S. The summed E-state index contributed by atoms with van der Waals surface area (Å²) in [6.45, 7) is 6.14. The van der Waals surface area contributed by atoms with Gasteiger partial charge in [-0.1, -0.05) is 48.9 Å². The van der Waals surface area contributed by atoms with Crippen molar-refractivity contribution in [3.63, 3.8) is 0 Å². The van der Waals surface area contributed by atoms with Crippen LogP contribution in [0.15, 0.2) is 60.0 Å². The van der Waals surface area contributed by atoms with Crippen LogP contribution in [0.1, 0.15) is 23.6 Å². The van der Waals surface area contributed by atoms with Gasteiger partial charge in [-0.15, -0.1) is 13.0 Å². The van der Waals surface area contributed by atoms with Crippen LogP contribution >= 0.6 is 11.8 Å². The average Bonchev–Trinajstić information content (AvgIpc) is 3.07. The Morgan fingerprint density at radius 1 is 1.31 bits per heavy atom. The third-order valence-corrected chi connectivity index (χ3v) is 5.48. The second-order valence-corrected chi connectivity index (χ2v) is 7.67. The van der Waals surface area contributed by atoms with E-state index in [1.165, 1.54) is 17.3 Å². The van der Waals surface area contributed by atoms with Crippen molar-refractivity contribution in [3.8, 4) is 18.1 Å². The summed E-state index contributed by atoms with van der Waals surface area (Å²) in [6, 6.07) is 14.0. The number of rotatable bonds is 8. The van der Waals surface area contributed by atoms with Crippen molar-refractivity contribution < 1.29 is 9.53 Å². The zero-order valence-electron chi connectivity index (χ0n) is 16.4. The van der Waals surface area contributed by atoms with E-state index in [1.54, 1.807) is 0 Å². The van der Waals surface area contributed by atoms with Crippen LogP contribution in [0.4, 0.5) is 5.69 Å². The molecule has 5 heteroatoms. The lowest BCUT2D eigenvalue weighted by molar-refractivity contribution is -0.116. The zero-order valence-corrected chi connectivity index (χ0v) is 17.2. The summed E-state index contributed by atoms with van der Waals surface area (Å²) in [5.41, 5.74) is 3.97. The topological polar surface area (TPSA) is 50.4 Å². The van der Waals surface area contributed by atoms with E-state index in [1.807, 2.05) is 42.5 Å². The predicted octanol–water partition coefficient (Wildman–Crippen LogP) is 4.59. The molecular weight excluding hydrogens is 380 g/mol. The Bertz CT molecular complexity index is 958. The van der Waals surface area contributed by atoms with Gasteiger partial charge in [0.1, 0.15) is 12.4 Å². The lowest BCUT2D eigenvalue weighted by Gasteiger charge is -2.13. The summed E-state index contributed by atoms with van der Waals surface area (Å²) in [6.07, 6.45) is 10.6. The van der Waals surface area contributed by atoms with Crippen LogP contribution in [-0.4, -0.2) is 18.0 Å². The largest absolute Gasteiger partial charge is 0.481 e. The molecule has 29 heavy (non-hydrogen) atoms. The van der Waals surface area contributed by atoms with E-state index in [9.17, 15) is 4.79 Å². The van der Waals surface area contributed by atoms with Crippen molar-refractivity contribution >= 4 is 29.4 Å². The second-order valence-electron chi connectivity index (χ2n) is 6.53. The van der Waals surface area contributed by atoms with Crippen LogP contribution in [0, 0.1) is 12.3 Å². The van der Waals surface area contributed by atoms with Gasteiger partial charge in [0.05, 0.1) is 4.91 Å². The van der Waals surface area contributed by atoms with Gasteiger partial charge in [-0.25, -0.2) is 0 Å².